The predicted molar refractivity (Wildman–Crippen MR) is 42.4 cm³/mol. The summed E-state index contributed by atoms with van der Waals surface area (Å²) in [5, 5.41) is 0. The van der Waals surface area contributed by atoms with Crippen LogP contribution in [0.4, 0.5) is 0 Å². The van der Waals surface area contributed by atoms with E-state index < -0.39 is 0 Å². The molecule has 0 saturated carbocycles. The van der Waals surface area contributed by atoms with E-state index in [2.05, 4.69) is 27.2 Å². The van der Waals surface area contributed by atoms with Crippen LogP contribution in [0.1, 0.15) is 0 Å². The summed E-state index contributed by atoms with van der Waals surface area (Å²) in [7, 11) is 0. The van der Waals surface area contributed by atoms with Crippen molar-refractivity contribution < 1.29 is 36.0 Å². The molecule has 0 bridgehead atoms. The Kier molecular flexibility index (Phi) is 412000. The molecule has 10 heavy (non-hydrogen) atoms. The van der Waals surface area contributed by atoms with Crippen molar-refractivity contribution >= 4 is 51.1 Å². The molecule has 1 radical (unpaired) electrons. The molecule has 0 fully saturated rings. The summed E-state index contributed by atoms with van der Waals surface area (Å²) in [5.74, 6) is 0. The van der Waals surface area contributed by atoms with Crippen LogP contribution in [0, 0.1) is 0 Å². The quantitative estimate of drug-likeness (QED) is 0.344. The van der Waals surface area contributed by atoms with Gasteiger partial charge in [0.25, 0.3) is 0 Å². The van der Waals surface area contributed by atoms with Crippen molar-refractivity contribution in [2.45, 2.75) is 0 Å². The summed E-state index contributed by atoms with van der Waals surface area (Å²) in [6.07, 6.45) is 0. The fraction of sp³-hybridized carbons (Fsp3) is 0. The third kappa shape index (κ3) is 54300. The van der Waals surface area contributed by atoms with Crippen molar-refractivity contribution in [1.29, 1.82) is 0 Å². The van der Waals surface area contributed by atoms with Gasteiger partial charge in [-0.1, -0.05) is 0 Å². The van der Waals surface area contributed by atoms with Crippen LogP contribution in [-0.2, 0) is 36.0 Å². The first-order valence-electron chi connectivity index (χ1n) is 0.943. The molecule has 0 saturated heterocycles. The van der Waals surface area contributed by atoms with Crippen LogP contribution in [0.3, 0.4) is 0 Å². The number of hydrogen-bond acceptors (Lipinski definition) is 4. The molecule has 0 aromatic rings. The van der Waals surface area contributed by atoms with Gasteiger partial charge in [-0.2, -0.15) is 0 Å². The zero-order chi connectivity index (χ0) is 8.00. The van der Waals surface area contributed by atoms with Gasteiger partial charge < -0.3 is 19.2 Å². The van der Waals surface area contributed by atoms with Gasteiger partial charge in [0.15, 0.2) is 0 Å². The maximum atomic E-state index is 7.75. The smallest absolute Gasteiger partial charge is 0 e. The molecule has 6 heteroatoms. The van der Waals surface area contributed by atoms with Crippen LogP contribution in [0.5, 0.6) is 0 Å². The van der Waals surface area contributed by atoms with Crippen molar-refractivity contribution in [3.63, 3.8) is 0 Å². The average molecular weight is 303 g/mol. The normalized spacial score (nSPS) is 1.60. The predicted octanol–water partition coefficient (Wildman–Crippen LogP) is -0.481. The second kappa shape index (κ2) is 80100. The Bertz CT molecular complexity index is 25.2. The van der Waals surface area contributed by atoms with Crippen LogP contribution >= 0.6 is 24.0 Å². The summed E-state index contributed by atoms with van der Waals surface area (Å²) < 4.78 is 0. The van der Waals surface area contributed by atoms with Crippen LogP contribution in [-0.4, -0.2) is 27.2 Å². The summed E-state index contributed by atoms with van der Waals surface area (Å²) in [5.41, 5.74) is 0. The maximum Gasteiger partial charge on any atom is 0 e. The number of halogens is 1. The van der Waals surface area contributed by atoms with Gasteiger partial charge in [-0.3, -0.25) is 27.2 Å². The number of hydrogen-bond donors (Lipinski definition) is 0. The fourth-order valence-corrected chi connectivity index (χ4v) is 0. The molecular weight excluding hydrogens is 298 g/mol. The number of rotatable bonds is 0. The molecule has 0 amide bonds. The second-order valence-electron chi connectivity index (χ2n) is 0. The molecule has 0 atom stereocenters. The van der Waals surface area contributed by atoms with Gasteiger partial charge in [0.1, 0.15) is 0 Å². The first-order valence-corrected chi connectivity index (χ1v) is 0.943. The molecule has 0 N–H and O–H groups in total. The first kappa shape index (κ1) is 51.4. The monoisotopic (exact) mass is 303 g/mol. The minimum absolute atomic E-state index is 0. The summed E-state index contributed by atoms with van der Waals surface area (Å²) in [4.78, 5) is 31.0. The Labute approximate surface area is 87.0 Å². The van der Waals surface area contributed by atoms with E-state index in [-0.39, 0.29) is 40.8 Å². The molecule has 4 nitrogen and oxygen atoms in total. The van der Waals surface area contributed by atoms with Gasteiger partial charge in [0.05, 0.1) is 0 Å². The van der Waals surface area contributed by atoms with E-state index in [0.717, 1.165) is 0 Å². The van der Waals surface area contributed by atoms with Gasteiger partial charge in [-0.05, 0) is 0 Å². The molecule has 0 spiro atoms. The number of carbonyl (C=O) groups excluding carboxylic acids is 4. The molecule has 0 aliphatic rings. The van der Waals surface area contributed by atoms with Gasteiger partial charge in [-0.15, -0.1) is 24.0 Å². The molecular formula is C4H5CoIO4-4. The van der Waals surface area contributed by atoms with E-state index in [1.165, 1.54) is 0 Å². The molecule has 65 valence electrons. The van der Waals surface area contributed by atoms with Gasteiger partial charge in [0, 0.05) is 16.8 Å². The second-order valence-corrected chi connectivity index (χ2v) is 0. The summed E-state index contributed by atoms with van der Waals surface area (Å²) >= 11 is 0. The zero-order valence-electron chi connectivity index (χ0n) is 4.68. The molecule has 0 aliphatic heterocycles. The van der Waals surface area contributed by atoms with Crippen molar-refractivity contribution in [2.24, 2.45) is 0 Å². The SMILES string of the molecule is I.[CH-]=O.[CH-]=O.[CH-]=O.[CH-]=O.[Co]. The Morgan fingerprint density at radius 2 is 0.500 bits per heavy atom. The van der Waals surface area contributed by atoms with Crippen molar-refractivity contribution in [3.05, 3.63) is 0 Å². The summed E-state index contributed by atoms with van der Waals surface area (Å²) in [6, 6.07) is 0. The standard InChI is InChI=1S/4CHO.Co.HI/c4*1-2;;/h4*1H;;1H/q4*-1;;. The fourth-order valence-electron chi connectivity index (χ4n) is 0. The Balaban J connectivity index is -0.00000000500. The zero-order valence-corrected chi connectivity index (χ0v) is 8.06. The third-order valence-corrected chi connectivity index (χ3v) is 0. The molecule has 0 rings (SSSR count). The minimum atomic E-state index is 0. The Morgan fingerprint density at radius 3 is 0.500 bits per heavy atom. The third-order valence-electron chi connectivity index (χ3n) is 0. The van der Waals surface area contributed by atoms with Crippen LogP contribution < -0.4 is 0 Å². The molecule has 0 aromatic carbocycles. The topological polar surface area (TPSA) is 68.3 Å². The van der Waals surface area contributed by atoms with Crippen LogP contribution in [0.2, 0.25) is 0 Å². The van der Waals surface area contributed by atoms with Crippen molar-refractivity contribution in [2.75, 3.05) is 0 Å². The van der Waals surface area contributed by atoms with Crippen molar-refractivity contribution in [3.8, 4) is 0 Å². The molecule has 0 unspecified atom stereocenters. The van der Waals surface area contributed by atoms with E-state index in [9.17, 15) is 0 Å². The minimum Gasteiger partial charge on any atom is -0.545 e. The van der Waals surface area contributed by atoms with E-state index in [1.54, 1.807) is 0 Å². The summed E-state index contributed by atoms with van der Waals surface area (Å²) in [6.45, 7) is 13.0. The van der Waals surface area contributed by atoms with Gasteiger partial charge >= 0.3 is 0 Å². The first-order chi connectivity index (χ1) is 4.00. The van der Waals surface area contributed by atoms with Crippen LogP contribution in [0.25, 0.3) is 0 Å². The molecule has 0 heterocycles. The van der Waals surface area contributed by atoms with Gasteiger partial charge in [0.2, 0.25) is 0 Å². The molecule has 0 aromatic heterocycles. The largest absolute Gasteiger partial charge is 0.545 e. The Morgan fingerprint density at radius 1 is 0.500 bits per heavy atom. The van der Waals surface area contributed by atoms with E-state index in [1.807, 2.05) is 0 Å². The van der Waals surface area contributed by atoms with E-state index in [4.69, 9.17) is 19.2 Å². The van der Waals surface area contributed by atoms with Gasteiger partial charge in [-0.25, -0.2) is 0 Å². The average Bonchev–Trinajstić information content (AvgIpc) is 2.03. The van der Waals surface area contributed by atoms with E-state index >= 15 is 0 Å². The maximum absolute atomic E-state index is 7.75. The van der Waals surface area contributed by atoms with Crippen molar-refractivity contribution in [1.82, 2.24) is 0 Å². The van der Waals surface area contributed by atoms with E-state index in [0.29, 0.717) is 0 Å². The molecule has 0 aliphatic carbocycles. The Hall–Kier alpha value is -0.0835. The van der Waals surface area contributed by atoms with Crippen LogP contribution in [0.15, 0.2) is 0 Å².